The Morgan fingerprint density at radius 2 is 2.05 bits per heavy atom. The van der Waals surface area contributed by atoms with E-state index in [0.29, 0.717) is 32.4 Å². The smallest absolute Gasteiger partial charge is 0.347 e. The molecule has 114 valence electrons. The number of carboxylic acids is 1. The molecule has 2 rings (SSSR count). The van der Waals surface area contributed by atoms with E-state index in [1.807, 2.05) is 6.92 Å². The van der Waals surface area contributed by atoms with Crippen LogP contribution in [0.4, 0.5) is 0 Å². The lowest BCUT2D eigenvalue weighted by Crippen LogP contribution is -2.47. The molecule has 21 heavy (non-hydrogen) atoms. The monoisotopic (exact) mass is 293 g/mol. The van der Waals surface area contributed by atoms with Gasteiger partial charge in [0.2, 0.25) is 5.91 Å². The third kappa shape index (κ3) is 3.12. The predicted octanol–water partition coefficient (Wildman–Crippen LogP) is 0.347. The van der Waals surface area contributed by atoms with Gasteiger partial charge in [0.15, 0.2) is 0 Å². The number of carbonyl (C=O) groups excluding carboxylic acids is 1. The molecule has 0 unspecified atom stereocenters. The van der Waals surface area contributed by atoms with E-state index in [1.165, 1.54) is 17.0 Å². The second-order valence-corrected chi connectivity index (χ2v) is 5.35. The number of hydrogen-bond acceptors (Lipinski definition) is 4. The van der Waals surface area contributed by atoms with Gasteiger partial charge in [-0.15, -0.1) is 0 Å². The molecule has 0 atom stereocenters. The standard InChI is InChI=1S/C14H19N3O4/c1-2-14(12(19)20)4-8-16(9-5-14)11(18)10-17-7-3-6-15-13(17)21/h3,6-7H,2,4-5,8-10H2,1H3,(H,19,20). The quantitative estimate of drug-likeness (QED) is 0.864. The van der Waals surface area contributed by atoms with E-state index in [-0.39, 0.29) is 12.5 Å². The Morgan fingerprint density at radius 3 is 2.57 bits per heavy atom. The summed E-state index contributed by atoms with van der Waals surface area (Å²) in [6.07, 6.45) is 4.36. The summed E-state index contributed by atoms with van der Waals surface area (Å²) in [5, 5.41) is 9.33. The van der Waals surface area contributed by atoms with Crippen LogP contribution in [0, 0.1) is 5.41 Å². The van der Waals surface area contributed by atoms with Crippen LogP contribution in [0.1, 0.15) is 26.2 Å². The maximum absolute atomic E-state index is 12.2. The minimum absolute atomic E-state index is 0.0567. The molecule has 1 amide bonds. The van der Waals surface area contributed by atoms with Crippen molar-refractivity contribution in [1.82, 2.24) is 14.5 Å². The highest BCUT2D eigenvalue weighted by Gasteiger charge is 2.40. The normalized spacial score (nSPS) is 17.5. The number of aliphatic carboxylic acids is 1. The molecule has 0 saturated carbocycles. The second kappa shape index (κ2) is 6.07. The van der Waals surface area contributed by atoms with E-state index in [1.54, 1.807) is 11.0 Å². The molecule has 0 bridgehead atoms. The van der Waals surface area contributed by atoms with Crippen molar-refractivity contribution in [3.63, 3.8) is 0 Å². The van der Waals surface area contributed by atoms with Crippen molar-refractivity contribution in [2.45, 2.75) is 32.7 Å². The summed E-state index contributed by atoms with van der Waals surface area (Å²) in [5.41, 5.74) is -1.18. The fraction of sp³-hybridized carbons (Fsp3) is 0.571. The molecule has 0 aromatic carbocycles. The number of aromatic nitrogens is 2. The van der Waals surface area contributed by atoms with Gasteiger partial charge in [0, 0.05) is 25.5 Å². The maximum atomic E-state index is 12.2. The van der Waals surface area contributed by atoms with Crippen molar-refractivity contribution in [2.24, 2.45) is 5.41 Å². The van der Waals surface area contributed by atoms with Gasteiger partial charge < -0.3 is 10.0 Å². The van der Waals surface area contributed by atoms with Gasteiger partial charge in [-0.2, -0.15) is 0 Å². The number of hydrogen-bond donors (Lipinski definition) is 1. The molecule has 1 aromatic rings. The summed E-state index contributed by atoms with van der Waals surface area (Å²) in [7, 11) is 0. The number of nitrogens with zero attached hydrogens (tertiary/aromatic N) is 3. The maximum Gasteiger partial charge on any atom is 0.347 e. The molecule has 1 aromatic heterocycles. The van der Waals surface area contributed by atoms with Gasteiger partial charge in [-0.1, -0.05) is 6.92 Å². The summed E-state index contributed by atoms with van der Waals surface area (Å²) in [5.74, 6) is -0.972. The lowest BCUT2D eigenvalue weighted by atomic mass is 9.76. The number of carboxylic acid groups (broad SMARTS) is 1. The summed E-state index contributed by atoms with van der Waals surface area (Å²) in [4.78, 5) is 40.2. The highest BCUT2D eigenvalue weighted by Crippen LogP contribution is 2.35. The molecular formula is C14H19N3O4. The lowest BCUT2D eigenvalue weighted by molar-refractivity contribution is -0.154. The van der Waals surface area contributed by atoms with Gasteiger partial charge in [-0.25, -0.2) is 9.78 Å². The zero-order valence-electron chi connectivity index (χ0n) is 12.0. The van der Waals surface area contributed by atoms with Crippen LogP contribution < -0.4 is 5.69 Å². The van der Waals surface area contributed by atoms with Crippen molar-refractivity contribution in [3.05, 3.63) is 28.9 Å². The van der Waals surface area contributed by atoms with Crippen molar-refractivity contribution in [2.75, 3.05) is 13.1 Å². The Hall–Kier alpha value is -2.18. The lowest BCUT2D eigenvalue weighted by Gasteiger charge is -2.38. The van der Waals surface area contributed by atoms with Gasteiger partial charge in [-0.3, -0.25) is 14.2 Å². The molecule has 2 heterocycles. The van der Waals surface area contributed by atoms with Gasteiger partial charge in [0.05, 0.1) is 5.41 Å². The van der Waals surface area contributed by atoms with Crippen LogP contribution in [0.15, 0.2) is 23.3 Å². The summed E-state index contributed by atoms with van der Waals surface area (Å²) >= 11 is 0. The van der Waals surface area contributed by atoms with E-state index in [9.17, 15) is 19.5 Å². The minimum atomic E-state index is -0.791. The van der Waals surface area contributed by atoms with Crippen LogP contribution in [0.5, 0.6) is 0 Å². The first-order valence-corrected chi connectivity index (χ1v) is 7.01. The largest absolute Gasteiger partial charge is 0.481 e. The molecule has 0 spiro atoms. The number of amides is 1. The summed E-state index contributed by atoms with van der Waals surface area (Å²) in [6.45, 7) is 2.63. The van der Waals surface area contributed by atoms with Crippen molar-refractivity contribution >= 4 is 11.9 Å². The van der Waals surface area contributed by atoms with E-state index < -0.39 is 17.1 Å². The second-order valence-electron chi connectivity index (χ2n) is 5.35. The van der Waals surface area contributed by atoms with Crippen LogP contribution in [0.3, 0.4) is 0 Å². The zero-order valence-corrected chi connectivity index (χ0v) is 12.0. The first-order valence-electron chi connectivity index (χ1n) is 7.01. The van der Waals surface area contributed by atoms with E-state index in [2.05, 4.69) is 4.98 Å². The third-order valence-corrected chi connectivity index (χ3v) is 4.29. The molecular weight excluding hydrogens is 274 g/mol. The molecule has 1 aliphatic heterocycles. The Balaban J connectivity index is 1.99. The van der Waals surface area contributed by atoms with Gasteiger partial charge in [-0.05, 0) is 25.3 Å². The highest BCUT2D eigenvalue weighted by molar-refractivity contribution is 5.78. The average Bonchev–Trinajstić information content (AvgIpc) is 2.49. The first-order chi connectivity index (χ1) is 9.98. The van der Waals surface area contributed by atoms with Gasteiger partial charge in [0.25, 0.3) is 0 Å². The Kier molecular flexibility index (Phi) is 4.40. The van der Waals surface area contributed by atoms with Crippen molar-refractivity contribution in [1.29, 1.82) is 0 Å². The molecule has 1 N–H and O–H groups in total. The fourth-order valence-corrected chi connectivity index (χ4v) is 2.66. The highest BCUT2D eigenvalue weighted by atomic mass is 16.4. The number of rotatable bonds is 4. The summed E-state index contributed by atoms with van der Waals surface area (Å²) < 4.78 is 1.25. The van der Waals surface area contributed by atoms with E-state index >= 15 is 0 Å². The SMILES string of the molecule is CCC1(C(=O)O)CCN(C(=O)Cn2cccnc2=O)CC1. The van der Waals surface area contributed by atoms with Crippen LogP contribution in [0.2, 0.25) is 0 Å². The topological polar surface area (TPSA) is 92.5 Å². The number of likely N-dealkylation sites (tertiary alicyclic amines) is 1. The average molecular weight is 293 g/mol. The van der Waals surface area contributed by atoms with Gasteiger partial charge in [0.1, 0.15) is 6.54 Å². The molecule has 0 aliphatic carbocycles. The molecule has 1 fully saturated rings. The third-order valence-electron chi connectivity index (χ3n) is 4.29. The predicted molar refractivity (Wildman–Crippen MR) is 74.7 cm³/mol. The van der Waals surface area contributed by atoms with Gasteiger partial charge >= 0.3 is 11.7 Å². The molecule has 1 saturated heterocycles. The van der Waals surface area contributed by atoms with Crippen LogP contribution in [-0.4, -0.2) is 44.5 Å². The first kappa shape index (κ1) is 15.2. The van der Waals surface area contributed by atoms with Crippen molar-refractivity contribution in [3.8, 4) is 0 Å². The van der Waals surface area contributed by atoms with Crippen LogP contribution >= 0.6 is 0 Å². The molecule has 7 heteroatoms. The Bertz CT molecular complexity index is 588. The van der Waals surface area contributed by atoms with Crippen LogP contribution in [-0.2, 0) is 16.1 Å². The summed E-state index contributed by atoms with van der Waals surface area (Å²) in [6, 6.07) is 1.59. The van der Waals surface area contributed by atoms with Crippen LogP contribution in [0.25, 0.3) is 0 Å². The fourth-order valence-electron chi connectivity index (χ4n) is 2.66. The molecule has 0 radical (unpaired) electrons. The Labute approximate surface area is 122 Å². The molecule has 7 nitrogen and oxygen atoms in total. The van der Waals surface area contributed by atoms with Crippen molar-refractivity contribution < 1.29 is 14.7 Å². The van der Waals surface area contributed by atoms with E-state index in [4.69, 9.17) is 0 Å². The minimum Gasteiger partial charge on any atom is -0.481 e. The number of piperidine rings is 1. The van der Waals surface area contributed by atoms with E-state index in [0.717, 1.165) is 0 Å². The zero-order chi connectivity index (χ0) is 15.5. The Morgan fingerprint density at radius 1 is 1.38 bits per heavy atom. The molecule has 1 aliphatic rings. The number of carbonyl (C=O) groups is 2.